The van der Waals surface area contributed by atoms with E-state index in [4.69, 9.17) is 4.74 Å². The van der Waals surface area contributed by atoms with E-state index in [0.29, 0.717) is 0 Å². The number of hydrogen-bond acceptors (Lipinski definition) is 3. The van der Waals surface area contributed by atoms with Gasteiger partial charge in [-0.15, -0.1) is 0 Å². The maximum absolute atomic E-state index is 5.55. The molecule has 1 unspecified atom stereocenters. The summed E-state index contributed by atoms with van der Waals surface area (Å²) >= 11 is 0. The van der Waals surface area contributed by atoms with E-state index in [2.05, 4.69) is 31.2 Å². The molecule has 1 aliphatic rings. The van der Waals surface area contributed by atoms with Crippen LogP contribution in [0, 0.1) is 0 Å². The third-order valence-corrected chi connectivity index (χ3v) is 2.06. The van der Waals surface area contributed by atoms with E-state index >= 15 is 0 Å². The Balaban J connectivity index is 2.23. The molecular weight excluding hydrogens is 140 g/mol. The van der Waals surface area contributed by atoms with Gasteiger partial charge >= 0.3 is 0 Å². The van der Waals surface area contributed by atoms with Gasteiger partial charge in [0.2, 0.25) is 0 Å². The number of hydrogen-bond donors (Lipinski definition) is 1. The molecule has 1 rings (SSSR count). The van der Waals surface area contributed by atoms with Gasteiger partial charge in [0.05, 0.1) is 6.61 Å². The van der Waals surface area contributed by atoms with Gasteiger partial charge < -0.3 is 9.64 Å². The van der Waals surface area contributed by atoms with Crippen LogP contribution in [0.5, 0.6) is 0 Å². The summed E-state index contributed by atoms with van der Waals surface area (Å²) in [5.74, 6) is 0. The topological polar surface area (TPSA) is 24.5 Å². The Morgan fingerprint density at radius 2 is 2.27 bits per heavy atom. The molecule has 0 bridgehead atoms. The second-order valence-electron chi connectivity index (χ2n) is 3.56. The van der Waals surface area contributed by atoms with Gasteiger partial charge in [0, 0.05) is 19.5 Å². The minimum atomic E-state index is -0.0652. The molecule has 3 heteroatoms. The van der Waals surface area contributed by atoms with Gasteiger partial charge in [-0.05, 0) is 21.0 Å². The van der Waals surface area contributed by atoms with Gasteiger partial charge in [0.1, 0.15) is 5.72 Å². The highest BCUT2D eigenvalue weighted by atomic mass is 16.5. The number of nitrogens with one attached hydrogen (secondary N) is 1. The van der Waals surface area contributed by atoms with Crippen LogP contribution >= 0.6 is 0 Å². The standard InChI is InChI=1S/C8H18N2O/c1-8(4-6-10(2)3)9-5-7-11-8/h9H,4-7H2,1-3H3. The van der Waals surface area contributed by atoms with Crippen molar-refractivity contribution in [2.45, 2.75) is 19.1 Å². The van der Waals surface area contributed by atoms with Gasteiger partial charge in [0.25, 0.3) is 0 Å². The smallest absolute Gasteiger partial charge is 0.117 e. The molecule has 11 heavy (non-hydrogen) atoms. The molecule has 1 aliphatic heterocycles. The molecule has 0 radical (unpaired) electrons. The first-order chi connectivity index (χ1) is 5.12. The molecule has 0 aromatic carbocycles. The highest BCUT2D eigenvalue weighted by molar-refractivity contribution is 4.78. The quantitative estimate of drug-likeness (QED) is 0.638. The van der Waals surface area contributed by atoms with E-state index in [1.165, 1.54) is 0 Å². The lowest BCUT2D eigenvalue weighted by molar-refractivity contribution is -0.00504. The van der Waals surface area contributed by atoms with Gasteiger partial charge in [0.15, 0.2) is 0 Å². The van der Waals surface area contributed by atoms with Crippen LogP contribution < -0.4 is 5.32 Å². The maximum Gasteiger partial charge on any atom is 0.117 e. The van der Waals surface area contributed by atoms with Crippen molar-refractivity contribution in [1.29, 1.82) is 0 Å². The Labute approximate surface area is 68.7 Å². The lowest BCUT2D eigenvalue weighted by Crippen LogP contribution is -2.40. The fourth-order valence-corrected chi connectivity index (χ4v) is 1.24. The van der Waals surface area contributed by atoms with Gasteiger partial charge in [-0.1, -0.05) is 0 Å². The van der Waals surface area contributed by atoms with Crippen LogP contribution in [0.2, 0.25) is 0 Å². The van der Waals surface area contributed by atoms with E-state index < -0.39 is 0 Å². The Morgan fingerprint density at radius 1 is 1.55 bits per heavy atom. The van der Waals surface area contributed by atoms with Crippen LogP contribution in [0.4, 0.5) is 0 Å². The van der Waals surface area contributed by atoms with Crippen LogP contribution in [0.15, 0.2) is 0 Å². The zero-order chi connectivity index (χ0) is 8.32. The zero-order valence-corrected chi connectivity index (χ0v) is 7.68. The minimum Gasteiger partial charge on any atom is -0.360 e. The lowest BCUT2D eigenvalue weighted by atomic mass is 10.2. The molecule has 1 saturated heterocycles. The second-order valence-corrected chi connectivity index (χ2v) is 3.56. The van der Waals surface area contributed by atoms with E-state index in [1.54, 1.807) is 0 Å². The van der Waals surface area contributed by atoms with Gasteiger partial charge in [-0.3, -0.25) is 5.32 Å². The van der Waals surface area contributed by atoms with Crippen LogP contribution in [-0.4, -0.2) is 44.4 Å². The van der Waals surface area contributed by atoms with Gasteiger partial charge in [-0.2, -0.15) is 0 Å². The monoisotopic (exact) mass is 158 g/mol. The largest absolute Gasteiger partial charge is 0.360 e. The van der Waals surface area contributed by atoms with Crippen molar-refractivity contribution >= 4 is 0 Å². The van der Waals surface area contributed by atoms with Crippen molar-refractivity contribution in [3.8, 4) is 0 Å². The molecule has 0 amide bonds. The summed E-state index contributed by atoms with van der Waals surface area (Å²) in [5, 5.41) is 3.34. The molecular formula is C8H18N2O. The molecule has 1 heterocycles. The molecule has 3 nitrogen and oxygen atoms in total. The molecule has 0 spiro atoms. The maximum atomic E-state index is 5.55. The van der Waals surface area contributed by atoms with Crippen molar-refractivity contribution in [2.24, 2.45) is 0 Å². The highest BCUT2D eigenvalue weighted by Gasteiger charge is 2.28. The zero-order valence-electron chi connectivity index (χ0n) is 7.68. The lowest BCUT2D eigenvalue weighted by Gasteiger charge is -2.25. The van der Waals surface area contributed by atoms with Crippen LogP contribution in [0.3, 0.4) is 0 Å². The normalized spacial score (nSPS) is 31.6. The summed E-state index contributed by atoms with van der Waals surface area (Å²) in [4.78, 5) is 2.18. The molecule has 1 fully saturated rings. The SMILES string of the molecule is CN(C)CCC1(C)NCCO1. The summed E-state index contributed by atoms with van der Waals surface area (Å²) in [5.41, 5.74) is -0.0652. The number of rotatable bonds is 3. The van der Waals surface area contributed by atoms with Crippen molar-refractivity contribution in [2.75, 3.05) is 33.8 Å². The Morgan fingerprint density at radius 3 is 2.73 bits per heavy atom. The van der Waals surface area contributed by atoms with E-state index in [1.807, 2.05) is 0 Å². The third-order valence-electron chi connectivity index (χ3n) is 2.06. The van der Waals surface area contributed by atoms with Crippen LogP contribution in [-0.2, 0) is 4.74 Å². The van der Waals surface area contributed by atoms with Crippen molar-refractivity contribution in [1.82, 2.24) is 10.2 Å². The van der Waals surface area contributed by atoms with E-state index in [-0.39, 0.29) is 5.72 Å². The van der Waals surface area contributed by atoms with E-state index in [0.717, 1.165) is 26.1 Å². The Kier molecular flexibility index (Phi) is 2.87. The van der Waals surface area contributed by atoms with Crippen LogP contribution in [0.1, 0.15) is 13.3 Å². The molecule has 0 aromatic heterocycles. The van der Waals surface area contributed by atoms with Gasteiger partial charge in [-0.25, -0.2) is 0 Å². The summed E-state index contributed by atoms with van der Waals surface area (Å²) in [6.45, 7) is 5.03. The van der Waals surface area contributed by atoms with Crippen molar-refractivity contribution in [3.63, 3.8) is 0 Å². The summed E-state index contributed by atoms with van der Waals surface area (Å²) in [6, 6.07) is 0. The first kappa shape index (κ1) is 8.97. The van der Waals surface area contributed by atoms with Crippen molar-refractivity contribution in [3.05, 3.63) is 0 Å². The minimum absolute atomic E-state index is 0.0652. The first-order valence-electron chi connectivity index (χ1n) is 4.16. The summed E-state index contributed by atoms with van der Waals surface area (Å²) < 4.78 is 5.55. The fraction of sp³-hybridized carbons (Fsp3) is 1.00. The molecule has 1 N–H and O–H groups in total. The molecule has 0 aromatic rings. The Hall–Kier alpha value is -0.120. The molecule has 1 atom stereocenters. The third kappa shape index (κ3) is 2.77. The summed E-state index contributed by atoms with van der Waals surface area (Å²) in [7, 11) is 4.16. The Bertz CT molecular complexity index is 119. The molecule has 0 aliphatic carbocycles. The van der Waals surface area contributed by atoms with E-state index in [9.17, 15) is 0 Å². The summed E-state index contributed by atoms with van der Waals surface area (Å²) in [6.07, 6.45) is 1.06. The highest BCUT2D eigenvalue weighted by Crippen LogP contribution is 2.15. The molecule has 66 valence electrons. The average molecular weight is 158 g/mol. The predicted molar refractivity (Wildman–Crippen MR) is 45.5 cm³/mol. The fourth-order valence-electron chi connectivity index (χ4n) is 1.24. The van der Waals surface area contributed by atoms with Crippen LogP contribution in [0.25, 0.3) is 0 Å². The number of ether oxygens (including phenoxy) is 1. The second kappa shape index (κ2) is 3.52. The first-order valence-corrected chi connectivity index (χ1v) is 4.16. The predicted octanol–water partition coefficient (Wildman–Crippen LogP) is 0.274. The average Bonchev–Trinajstić information content (AvgIpc) is 2.33. The molecule has 0 saturated carbocycles. The number of nitrogens with zero attached hydrogens (tertiary/aromatic N) is 1. The van der Waals surface area contributed by atoms with Crippen molar-refractivity contribution < 1.29 is 4.74 Å².